The third kappa shape index (κ3) is 5.19. The zero-order chi connectivity index (χ0) is 13.5. The Morgan fingerprint density at radius 2 is 1.72 bits per heavy atom. The molecule has 0 aliphatic heterocycles. The first-order valence-electron chi connectivity index (χ1n) is 7.00. The summed E-state index contributed by atoms with van der Waals surface area (Å²) in [5.74, 6) is 0.677. The van der Waals surface area contributed by atoms with Gasteiger partial charge in [-0.3, -0.25) is 0 Å². The molecule has 1 aromatic carbocycles. The van der Waals surface area contributed by atoms with Gasteiger partial charge in [-0.25, -0.2) is 0 Å². The third-order valence-electron chi connectivity index (χ3n) is 3.83. The Labute approximate surface area is 112 Å². The highest BCUT2D eigenvalue weighted by Crippen LogP contribution is 2.10. The van der Waals surface area contributed by atoms with E-state index < -0.39 is 0 Å². The van der Waals surface area contributed by atoms with E-state index in [0.717, 1.165) is 19.4 Å². The highest BCUT2D eigenvalue weighted by Gasteiger charge is 2.15. The zero-order valence-electron chi connectivity index (χ0n) is 12.3. The van der Waals surface area contributed by atoms with Gasteiger partial charge in [0.2, 0.25) is 0 Å². The van der Waals surface area contributed by atoms with Gasteiger partial charge in [0.05, 0.1) is 0 Å². The van der Waals surface area contributed by atoms with E-state index in [4.69, 9.17) is 5.73 Å². The fourth-order valence-electron chi connectivity index (χ4n) is 2.13. The van der Waals surface area contributed by atoms with Crippen molar-refractivity contribution < 1.29 is 0 Å². The highest BCUT2D eigenvalue weighted by atomic mass is 15.1. The largest absolute Gasteiger partial charge is 0.327 e. The topological polar surface area (TPSA) is 29.3 Å². The quantitative estimate of drug-likeness (QED) is 0.804. The van der Waals surface area contributed by atoms with Crippen LogP contribution < -0.4 is 5.73 Å². The number of nitrogens with two attached hydrogens (primary N) is 1. The van der Waals surface area contributed by atoms with Crippen LogP contribution in [0.2, 0.25) is 0 Å². The lowest BCUT2D eigenvalue weighted by Gasteiger charge is -2.30. The van der Waals surface area contributed by atoms with Crippen molar-refractivity contribution in [3.8, 4) is 0 Å². The second-order valence-electron chi connectivity index (χ2n) is 5.71. The number of hydrogen-bond acceptors (Lipinski definition) is 2. The van der Waals surface area contributed by atoms with Crippen molar-refractivity contribution in [2.45, 2.75) is 45.7 Å². The molecule has 0 aromatic heterocycles. The summed E-state index contributed by atoms with van der Waals surface area (Å²) in [7, 11) is 2.17. The Balaban J connectivity index is 2.31. The highest BCUT2D eigenvalue weighted by molar-refractivity contribution is 5.14. The fraction of sp³-hybridized carbons (Fsp3) is 0.625. The molecule has 0 spiro atoms. The maximum absolute atomic E-state index is 6.22. The summed E-state index contributed by atoms with van der Waals surface area (Å²) in [4.78, 5) is 2.38. The monoisotopic (exact) mass is 248 g/mol. The average molecular weight is 248 g/mol. The first-order valence-corrected chi connectivity index (χ1v) is 7.00. The van der Waals surface area contributed by atoms with E-state index in [1.807, 2.05) is 0 Å². The number of likely N-dealkylation sites (N-methyl/N-ethyl adjacent to an activating group) is 1. The maximum atomic E-state index is 6.22. The van der Waals surface area contributed by atoms with E-state index in [1.54, 1.807) is 0 Å². The summed E-state index contributed by atoms with van der Waals surface area (Å²) in [6.07, 6.45) is 2.13. The van der Waals surface area contributed by atoms with Crippen LogP contribution in [0.5, 0.6) is 0 Å². The van der Waals surface area contributed by atoms with E-state index >= 15 is 0 Å². The maximum Gasteiger partial charge on any atom is 0.0170 e. The first kappa shape index (κ1) is 15.2. The van der Waals surface area contributed by atoms with Crippen LogP contribution in [0.25, 0.3) is 0 Å². The minimum absolute atomic E-state index is 0.261. The van der Waals surface area contributed by atoms with Crippen molar-refractivity contribution in [2.75, 3.05) is 13.6 Å². The van der Waals surface area contributed by atoms with Gasteiger partial charge in [-0.05, 0) is 38.3 Å². The van der Waals surface area contributed by atoms with Crippen molar-refractivity contribution in [2.24, 2.45) is 11.7 Å². The van der Waals surface area contributed by atoms with Crippen LogP contribution >= 0.6 is 0 Å². The molecule has 0 saturated heterocycles. The molecule has 2 atom stereocenters. The minimum atomic E-state index is 0.261. The lowest BCUT2D eigenvalue weighted by atomic mass is 10.0. The Bertz CT molecular complexity index is 321. The van der Waals surface area contributed by atoms with Gasteiger partial charge in [-0.1, -0.05) is 44.2 Å². The van der Waals surface area contributed by atoms with Crippen LogP contribution in [0.3, 0.4) is 0 Å². The molecular weight excluding hydrogens is 220 g/mol. The van der Waals surface area contributed by atoms with Gasteiger partial charge in [-0.2, -0.15) is 0 Å². The van der Waals surface area contributed by atoms with Crippen LogP contribution in [0, 0.1) is 5.92 Å². The van der Waals surface area contributed by atoms with Crippen molar-refractivity contribution >= 4 is 0 Å². The number of rotatable bonds is 7. The second-order valence-corrected chi connectivity index (χ2v) is 5.71. The van der Waals surface area contributed by atoms with E-state index in [0.29, 0.717) is 12.0 Å². The molecule has 0 aliphatic carbocycles. The SMILES string of the molecule is CC(C)C(C)N(C)C[C@@H](N)CCc1ccccc1. The predicted molar refractivity (Wildman–Crippen MR) is 79.7 cm³/mol. The molecule has 0 heterocycles. The van der Waals surface area contributed by atoms with E-state index in [-0.39, 0.29) is 6.04 Å². The fourth-order valence-corrected chi connectivity index (χ4v) is 2.13. The molecule has 102 valence electrons. The summed E-state index contributed by atoms with van der Waals surface area (Å²) in [5, 5.41) is 0. The van der Waals surface area contributed by atoms with Crippen molar-refractivity contribution in [1.29, 1.82) is 0 Å². The lowest BCUT2D eigenvalue weighted by Crippen LogP contribution is -2.42. The molecule has 0 fully saturated rings. The first-order chi connectivity index (χ1) is 8.50. The molecule has 0 saturated carbocycles. The van der Waals surface area contributed by atoms with Crippen molar-refractivity contribution in [3.05, 3.63) is 35.9 Å². The number of hydrogen-bond donors (Lipinski definition) is 1. The average Bonchev–Trinajstić information content (AvgIpc) is 2.36. The van der Waals surface area contributed by atoms with E-state index in [9.17, 15) is 0 Å². The van der Waals surface area contributed by atoms with Crippen LogP contribution in [0.4, 0.5) is 0 Å². The summed E-state index contributed by atoms with van der Waals surface area (Å²) in [6, 6.07) is 11.4. The lowest BCUT2D eigenvalue weighted by molar-refractivity contribution is 0.195. The van der Waals surface area contributed by atoms with Gasteiger partial charge in [0, 0.05) is 18.6 Å². The molecule has 1 rings (SSSR count). The Morgan fingerprint density at radius 1 is 1.11 bits per heavy atom. The summed E-state index contributed by atoms with van der Waals surface area (Å²) >= 11 is 0. The Morgan fingerprint density at radius 3 is 2.28 bits per heavy atom. The minimum Gasteiger partial charge on any atom is -0.327 e. The number of nitrogens with zero attached hydrogens (tertiary/aromatic N) is 1. The molecule has 2 N–H and O–H groups in total. The van der Waals surface area contributed by atoms with Crippen LogP contribution in [-0.2, 0) is 6.42 Å². The van der Waals surface area contributed by atoms with Gasteiger partial charge in [0.1, 0.15) is 0 Å². The third-order valence-corrected chi connectivity index (χ3v) is 3.83. The van der Waals surface area contributed by atoms with E-state index in [1.165, 1.54) is 5.56 Å². The molecule has 2 heteroatoms. The molecule has 1 aromatic rings. The number of aryl methyl sites for hydroxylation is 1. The number of benzene rings is 1. The predicted octanol–water partition coefficient (Wildman–Crippen LogP) is 2.92. The summed E-state index contributed by atoms with van der Waals surface area (Å²) < 4.78 is 0. The van der Waals surface area contributed by atoms with Crippen molar-refractivity contribution in [1.82, 2.24) is 4.90 Å². The molecule has 18 heavy (non-hydrogen) atoms. The van der Waals surface area contributed by atoms with E-state index in [2.05, 4.69) is 63.1 Å². The van der Waals surface area contributed by atoms with Gasteiger partial charge < -0.3 is 10.6 Å². The van der Waals surface area contributed by atoms with Gasteiger partial charge >= 0.3 is 0 Å². The van der Waals surface area contributed by atoms with Crippen LogP contribution in [0.15, 0.2) is 30.3 Å². The Kier molecular flexibility index (Phi) is 6.37. The molecule has 2 nitrogen and oxygen atoms in total. The Hall–Kier alpha value is -0.860. The normalized spacial score (nSPS) is 15.1. The van der Waals surface area contributed by atoms with Crippen molar-refractivity contribution in [3.63, 3.8) is 0 Å². The van der Waals surface area contributed by atoms with Crippen LogP contribution in [0.1, 0.15) is 32.8 Å². The molecule has 0 amide bonds. The second kappa shape index (κ2) is 7.55. The molecule has 0 bridgehead atoms. The summed E-state index contributed by atoms with van der Waals surface area (Å²) in [6.45, 7) is 7.77. The van der Waals surface area contributed by atoms with Crippen LogP contribution in [-0.4, -0.2) is 30.6 Å². The molecule has 1 unspecified atom stereocenters. The molecular formula is C16H28N2. The molecule has 0 radical (unpaired) electrons. The summed E-state index contributed by atoms with van der Waals surface area (Å²) in [5.41, 5.74) is 7.60. The van der Waals surface area contributed by atoms with Gasteiger partial charge in [-0.15, -0.1) is 0 Å². The van der Waals surface area contributed by atoms with Gasteiger partial charge in [0.15, 0.2) is 0 Å². The zero-order valence-corrected chi connectivity index (χ0v) is 12.3. The molecule has 0 aliphatic rings. The van der Waals surface area contributed by atoms with Gasteiger partial charge in [0.25, 0.3) is 0 Å². The standard InChI is InChI=1S/C16H28N2/c1-13(2)14(3)18(4)12-16(17)11-10-15-8-6-5-7-9-15/h5-9,13-14,16H,10-12,17H2,1-4H3/t14?,16-/m0/s1. The smallest absolute Gasteiger partial charge is 0.0170 e.